The van der Waals surface area contributed by atoms with Crippen LogP contribution in [0.1, 0.15) is 23.7 Å². The Kier molecular flexibility index (Phi) is 4.98. The Hall–Kier alpha value is -1.85. The molecule has 0 spiro atoms. The molecule has 3 rings (SSSR count). The molecule has 23 heavy (non-hydrogen) atoms. The monoisotopic (exact) mass is 313 g/mol. The molecule has 5 nitrogen and oxygen atoms in total. The number of nitrogens with two attached hydrogens (primary N) is 1. The van der Waals surface area contributed by atoms with Crippen molar-refractivity contribution < 1.29 is 0 Å². The molecule has 1 aromatic carbocycles. The number of hydrogen-bond acceptors (Lipinski definition) is 4. The van der Waals surface area contributed by atoms with E-state index in [0.29, 0.717) is 6.54 Å². The van der Waals surface area contributed by atoms with Crippen molar-refractivity contribution in [2.24, 2.45) is 5.73 Å². The van der Waals surface area contributed by atoms with Crippen LogP contribution in [0.25, 0.3) is 0 Å². The van der Waals surface area contributed by atoms with Gasteiger partial charge in [-0.2, -0.15) is 5.10 Å². The maximum atomic E-state index is 5.87. The molecule has 2 aromatic rings. The molecule has 1 saturated heterocycles. The van der Waals surface area contributed by atoms with Gasteiger partial charge < -0.3 is 10.6 Å². The predicted molar refractivity (Wildman–Crippen MR) is 94.5 cm³/mol. The molecule has 0 unspecified atom stereocenters. The molecule has 1 fully saturated rings. The summed E-state index contributed by atoms with van der Waals surface area (Å²) in [5, 5.41) is 4.55. The molecular formula is C18H27N5. The molecule has 0 atom stereocenters. The Morgan fingerprint density at radius 1 is 1.09 bits per heavy atom. The maximum absolute atomic E-state index is 5.87. The normalized spacial score (nSPS) is 16.0. The summed E-state index contributed by atoms with van der Waals surface area (Å²) in [5.74, 6) is 0. The zero-order chi connectivity index (χ0) is 16.2. The first-order chi connectivity index (χ1) is 11.2. The molecule has 124 valence electrons. The third kappa shape index (κ3) is 3.57. The van der Waals surface area contributed by atoms with Crippen LogP contribution in [0.4, 0.5) is 5.69 Å². The summed E-state index contributed by atoms with van der Waals surface area (Å²) >= 11 is 0. The van der Waals surface area contributed by atoms with E-state index >= 15 is 0 Å². The smallest absolute Gasteiger partial charge is 0.0638 e. The minimum absolute atomic E-state index is 0.603. The summed E-state index contributed by atoms with van der Waals surface area (Å²) in [6.07, 6.45) is 2.19. The van der Waals surface area contributed by atoms with E-state index in [1.165, 1.54) is 16.8 Å². The van der Waals surface area contributed by atoms with Gasteiger partial charge in [-0.15, -0.1) is 0 Å². The highest BCUT2D eigenvalue weighted by molar-refractivity contribution is 5.54. The quantitative estimate of drug-likeness (QED) is 0.917. The SMILES string of the molecule is CCn1cc(CN2CCN(c3ccccc3CN)CC2)c(C)n1. The Labute approximate surface area is 138 Å². The summed E-state index contributed by atoms with van der Waals surface area (Å²) in [7, 11) is 0. The number of aromatic nitrogens is 2. The van der Waals surface area contributed by atoms with E-state index in [1.807, 2.05) is 4.68 Å². The topological polar surface area (TPSA) is 50.3 Å². The number of benzene rings is 1. The first-order valence-corrected chi connectivity index (χ1v) is 8.49. The van der Waals surface area contributed by atoms with Crippen LogP contribution in [-0.4, -0.2) is 40.9 Å². The molecule has 1 aliphatic heterocycles. The Morgan fingerprint density at radius 3 is 2.48 bits per heavy atom. The van der Waals surface area contributed by atoms with Gasteiger partial charge in [-0.05, 0) is 25.5 Å². The van der Waals surface area contributed by atoms with Crippen LogP contribution < -0.4 is 10.6 Å². The molecule has 2 heterocycles. The van der Waals surface area contributed by atoms with Crippen molar-refractivity contribution in [1.29, 1.82) is 0 Å². The molecule has 1 aliphatic rings. The van der Waals surface area contributed by atoms with E-state index in [0.717, 1.165) is 45.0 Å². The highest BCUT2D eigenvalue weighted by atomic mass is 15.3. The molecule has 0 saturated carbocycles. The number of aryl methyl sites for hydroxylation is 2. The van der Waals surface area contributed by atoms with Crippen molar-refractivity contribution in [3.63, 3.8) is 0 Å². The summed E-state index contributed by atoms with van der Waals surface area (Å²) in [6, 6.07) is 8.48. The summed E-state index contributed by atoms with van der Waals surface area (Å²) in [4.78, 5) is 4.98. The van der Waals surface area contributed by atoms with Crippen LogP contribution in [0, 0.1) is 6.92 Å². The number of para-hydroxylation sites is 1. The molecule has 0 bridgehead atoms. The lowest BCUT2D eigenvalue weighted by Gasteiger charge is -2.37. The Morgan fingerprint density at radius 2 is 1.83 bits per heavy atom. The molecule has 0 radical (unpaired) electrons. The second-order valence-corrected chi connectivity index (χ2v) is 6.19. The average molecular weight is 313 g/mol. The van der Waals surface area contributed by atoms with Gasteiger partial charge in [0.05, 0.1) is 5.69 Å². The fourth-order valence-electron chi connectivity index (χ4n) is 3.26. The van der Waals surface area contributed by atoms with E-state index in [2.05, 4.69) is 59.2 Å². The zero-order valence-corrected chi connectivity index (χ0v) is 14.2. The predicted octanol–water partition coefficient (Wildman–Crippen LogP) is 1.99. The van der Waals surface area contributed by atoms with Crippen LogP contribution >= 0.6 is 0 Å². The van der Waals surface area contributed by atoms with Gasteiger partial charge in [0.25, 0.3) is 0 Å². The van der Waals surface area contributed by atoms with Gasteiger partial charge in [0.1, 0.15) is 0 Å². The molecule has 0 amide bonds. The van der Waals surface area contributed by atoms with Crippen molar-refractivity contribution in [1.82, 2.24) is 14.7 Å². The van der Waals surface area contributed by atoms with E-state index in [-0.39, 0.29) is 0 Å². The van der Waals surface area contributed by atoms with Crippen LogP contribution in [0.15, 0.2) is 30.5 Å². The fraction of sp³-hybridized carbons (Fsp3) is 0.500. The van der Waals surface area contributed by atoms with Gasteiger partial charge in [0.2, 0.25) is 0 Å². The summed E-state index contributed by atoms with van der Waals surface area (Å²) in [5.41, 5.74) is 10.9. The van der Waals surface area contributed by atoms with Gasteiger partial charge in [-0.1, -0.05) is 18.2 Å². The molecular weight excluding hydrogens is 286 g/mol. The zero-order valence-electron chi connectivity index (χ0n) is 14.2. The van der Waals surface area contributed by atoms with Gasteiger partial charge in [-0.3, -0.25) is 9.58 Å². The largest absolute Gasteiger partial charge is 0.369 e. The summed E-state index contributed by atoms with van der Waals surface area (Å²) in [6.45, 7) is 11.0. The van der Waals surface area contributed by atoms with Crippen LogP contribution in [0.3, 0.4) is 0 Å². The second-order valence-electron chi connectivity index (χ2n) is 6.19. The van der Waals surface area contributed by atoms with Crippen LogP contribution in [-0.2, 0) is 19.6 Å². The number of anilines is 1. The van der Waals surface area contributed by atoms with Crippen molar-refractivity contribution in [2.45, 2.75) is 33.5 Å². The standard InChI is InChI=1S/C18H27N5/c1-3-23-14-17(15(2)20-23)13-21-8-10-22(11-9-21)18-7-5-4-6-16(18)12-19/h4-7,14H,3,8-13,19H2,1-2H3. The first kappa shape index (κ1) is 16.0. The third-order valence-electron chi connectivity index (χ3n) is 4.69. The average Bonchev–Trinajstić information content (AvgIpc) is 2.95. The molecule has 5 heteroatoms. The maximum Gasteiger partial charge on any atom is 0.0638 e. The van der Waals surface area contributed by atoms with Crippen molar-refractivity contribution >= 4 is 5.69 Å². The first-order valence-electron chi connectivity index (χ1n) is 8.49. The number of nitrogens with zero attached hydrogens (tertiary/aromatic N) is 4. The van der Waals surface area contributed by atoms with E-state index in [9.17, 15) is 0 Å². The molecule has 2 N–H and O–H groups in total. The lowest BCUT2D eigenvalue weighted by atomic mass is 10.1. The van der Waals surface area contributed by atoms with Crippen LogP contribution in [0.2, 0.25) is 0 Å². The highest BCUT2D eigenvalue weighted by Crippen LogP contribution is 2.22. The lowest BCUT2D eigenvalue weighted by molar-refractivity contribution is 0.249. The van der Waals surface area contributed by atoms with Gasteiger partial charge >= 0.3 is 0 Å². The van der Waals surface area contributed by atoms with Gasteiger partial charge in [-0.25, -0.2) is 0 Å². The number of rotatable bonds is 5. The third-order valence-corrected chi connectivity index (χ3v) is 4.69. The lowest BCUT2D eigenvalue weighted by Crippen LogP contribution is -2.46. The van der Waals surface area contributed by atoms with Crippen LogP contribution in [0.5, 0.6) is 0 Å². The second kappa shape index (κ2) is 7.15. The van der Waals surface area contributed by atoms with E-state index in [1.54, 1.807) is 0 Å². The highest BCUT2D eigenvalue weighted by Gasteiger charge is 2.19. The number of piperazine rings is 1. The van der Waals surface area contributed by atoms with E-state index in [4.69, 9.17) is 5.73 Å². The Balaban J connectivity index is 1.61. The van der Waals surface area contributed by atoms with Gasteiger partial charge in [0.15, 0.2) is 0 Å². The van der Waals surface area contributed by atoms with Crippen molar-refractivity contribution in [3.8, 4) is 0 Å². The van der Waals surface area contributed by atoms with Crippen molar-refractivity contribution in [3.05, 3.63) is 47.3 Å². The summed E-state index contributed by atoms with van der Waals surface area (Å²) < 4.78 is 2.03. The molecule has 0 aliphatic carbocycles. The molecule has 1 aromatic heterocycles. The Bertz CT molecular complexity index is 641. The minimum atomic E-state index is 0.603. The number of hydrogen-bond donors (Lipinski definition) is 1. The van der Waals surface area contributed by atoms with E-state index < -0.39 is 0 Å². The van der Waals surface area contributed by atoms with Crippen molar-refractivity contribution in [2.75, 3.05) is 31.1 Å². The minimum Gasteiger partial charge on any atom is -0.369 e. The fourth-order valence-corrected chi connectivity index (χ4v) is 3.26. The van der Waals surface area contributed by atoms with Gasteiger partial charge in [0, 0.05) is 63.3 Å².